The Labute approximate surface area is 162 Å². The average Bonchev–Trinajstić information content (AvgIpc) is 3.01. The zero-order valence-corrected chi connectivity index (χ0v) is 15.3. The van der Waals surface area contributed by atoms with Crippen molar-refractivity contribution < 1.29 is 13.9 Å². The molecule has 0 atom stereocenters. The molecule has 6 nitrogen and oxygen atoms in total. The zero-order valence-electron chi connectivity index (χ0n) is 15.3. The van der Waals surface area contributed by atoms with Crippen molar-refractivity contribution in [1.82, 2.24) is 9.88 Å². The van der Waals surface area contributed by atoms with Gasteiger partial charge in [-0.25, -0.2) is 4.79 Å². The first-order valence-corrected chi connectivity index (χ1v) is 8.81. The molecular weight excluding hydrogens is 356 g/mol. The lowest BCUT2D eigenvalue weighted by atomic mass is 10.1. The molecule has 0 radical (unpaired) electrons. The number of hydrogen-bond donors (Lipinski definition) is 1. The molecule has 0 fully saturated rings. The highest BCUT2D eigenvalue weighted by atomic mass is 16.5. The lowest BCUT2D eigenvalue weighted by Gasteiger charge is -2.07. The summed E-state index contributed by atoms with van der Waals surface area (Å²) in [6, 6.07) is 14.7. The molecule has 0 bridgehead atoms. The Morgan fingerprint density at radius 2 is 1.96 bits per heavy atom. The van der Waals surface area contributed by atoms with Gasteiger partial charge in [0.15, 0.2) is 5.58 Å². The molecule has 28 heavy (non-hydrogen) atoms. The van der Waals surface area contributed by atoms with E-state index in [2.05, 4.69) is 23.7 Å². The Kier molecular flexibility index (Phi) is 6.32. The maximum Gasteiger partial charge on any atom is 0.420 e. The summed E-state index contributed by atoms with van der Waals surface area (Å²) >= 11 is 0. The Hall–Kier alpha value is -3.72. The third-order valence-corrected chi connectivity index (χ3v) is 4.01. The first kappa shape index (κ1) is 19.1. The van der Waals surface area contributed by atoms with Gasteiger partial charge in [0.1, 0.15) is 18.9 Å². The maximum absolute atomic E-state index is 12.1. The van der Waals surface area contributed by atoms with Crippen LogP contribution in [0.3, 0.4) is 0 Å². The summed E-state index contributed by atoms with van der Waals surface area (Å²) in [5, 5.41) is 2.66. The molecule has 0 saturated carbocycles. The third-order valence-electron chi connectivity index (χ3n) is 4.01. The molecular formula is C22H20N2O4. The van der Waals surface area contributed by atoms with E-state index in [1.165, 1.54) is 4.57 Å². The number of ether oxygens (including phenoxy) is 1. The number of carbonyl (C=O) groups excluding carboxylic acids is 1. The van der Waals surface area contributed by atoms with Crippen LogP contribution in [0.25, 0.3) is 11.1 Å². The summed E-state index contributed by atoms with van der Waals surface area (Å²) in [6.45, 7) is 4.00. The number of carbonyl (C=O) groups is 1. The molecule has 0 unspecified atom stereocenters. The molecule has 0 aliphatic carbocycles. The van der Waals surface area contributed by atoms with Gasteiger partial charge in [0, 0.05) is 0 Å². The van der Waals surface area contributed by atoms with Crippen LogP contribution in [0.4, 0.5) is 0 Å². The number of nitrogens with zero attached hydrogens (tertiary/aromatic N) is 1. The molecule has 1 N–H and O–H groups in total. The number of benzene rings is 2. The number of amides is 1. The van der Waals surface area contributed by atoms with Crippen LogP contribution in [-0.4, -0.2) is 23.6 Å². The topological polar surface area (TPSA) is 73.5 Å². The smallest absolute Gasteiger partial charge is 0.420 e. The summed E-state index contributed by atoms with van der Waals surface area (Å²) < 4.78 is 12.0. The van der Waals surface area contributed by atoms with Gasteiger partial charge >= 0.3 is 5.76 Å². The average molecular weight is 376 g/mol. The summed E-state index contributed by atoms with van der Waals surface area (Å²) in [7, 11) is 0. The van der Waals surface area contributed by atoms with Gasteiger partial charge in [-0.1, -0.05) is 48.2 Å². The van der Waals surface area contributed by atoms with Gasteiger partial charge in [-0.15, -0.1) is 6.58 Å². The minimum Gasteiger partial charge on any atom is -0.481 e. The molecule has 1 heterocycles. The van der Waals surface area contributed by atoms with Crippen LogP contribution in [0.5, 0.6) is 5.75 Å². The van der Waals surface area contributed by atoms with Crippen molar-refractivity contribution in [3.63, 3.8) is 0 Å². The van der Waals surface area contributed by atoms with Gasteiger partial charge in [0.2, 0.25) is 5.91 Å². The van der Waals surface area contributed by atoms with Gasteiger partial charge in [0.25, 0.3) is 0 Å². The van der Waals surface area contributed by atoms with Crippen molar-refractivity contribution in [1.29, 1.82) is 0 Å². The fourth-order valence-electron chi connectivity index (χ4n) is 2.70. The van der Waals surface area contributed by atoms with Crippen LogP contribution >= 0.6 is 0 Å². The van der Waals surface area contributed by atoms with Gasteiger partial charge in [-0.3, -0.25) is 9.36 Å². The Morgan fingerprint density at radius 1 is 1.18 bits per heavy atom. The number of allylic oxidation sites excluding steroid dienone is 1. The van der Waals surface area contributed by atoms with Gasteiger partial charge < -0.3 is 14.5 Å². The fourth-order valence-corrected chi connectivity index (χ4v) is 2.70. The lowest BCUT2D eigenvalue weighted by molar-refractivity contribution is -0.121. The van der Waals surface area contributed by atoms with Crippen molar-refractivity contribution in [3.05, 3.63) is 77.3 Å². The van der Waals surface area contributed by atoms with E-state index in [4.69, 9.17) is 9.15 Å². The van der Waals surface area contributed by atoms with E-state index in [1.54, 1.807) is 24.3 Å². The Bertz CT molecular complexity index is 1100. The zero-order chi connectivity index (χ0) is 19.8. The quantitative estimate of drug-likeness (QED) is 0.508. The lowest BCUT2D eigenvalue weighted by Crippen LogP contribution is -2.31. The summed E-state index contributed by atoms with van der Waals surface area (Å²) in [5.41, 5.74) is 2.08. The van der Waals surface area contributed by atoms with E-state index in [1.807, 2.05) is 30.3 Å². The number of hydrogen-bond acceptors (Lipinski definition) is 4. The number of nitrogens with one attached hydrogen (secondary N) is 1. The van der Waals surface area contributed by atoms with Gasteiger partial charge in [0.05, 0.1) is 12.1 Å². The molecule has 1 amide bonds. The van der Waals surface area contributed by atoms with Crippen molar-refractivity contribution >= 4 is 17.0 Å². The third kappa shape index (κ3) is 4.71. The highest BCUT2D eigenvalue weighted by Gasteiger charge is 2.11. The second-order valence-electron chi connectivity index (χ2n) is 5.94. The van der Waals surface area contributed by atoms with E-state index >= 15 is 0 Å². The van der Waals surface area contributed by atoms with Gasteiger partial charge in [-0.2, -0.15) is 0 Å². The molecule has 2 aromatic carbocycles. The number of para-hydroxylation sites is 3. The second-order valence-corrected chi connectivity index (χ2v) is 5.94. The largest absolute Gasteiger partial charge is 0.481 e. The Balaban J connectivity index is 1.48. The summed E-state index contributed by atoms with van der Waals surface area (Å²) in [6.07, 6.45) is 2.54. The minimum absolute atomic E-state index is 0.122. The van der Waals surface area contributed by atoms with Crippen LogP contribution in [0.15, 0.2) is 70.4 Å². The van der Waals surface area contributed by atoms with E-state index < -0.39 is 5.76 Å². The molecule has 3 aromatic rings. The van der Waals surface area contributed by atoms with Crippen LogP contribution < -0.4 is 15.8 Å². The van der Waals surface area contributed by atoms with Crippen molar-refractivity contribution in [2.45, 2.75) is 13.0 Å². The van der Waals surface area contributed by atoms with E-state index in [0.717, 1.165) is 17.7 Å². The number of rotatable bonds is 7. The highest BCUT2D eigenvalue weighted by molar-refractivity contribution is 5.79. The van der Waals surface area contributed by atoms with Crippen LogP contribution in [0, 0.1) is 11.8 Å². The minimum atomic E-state index is -0.561. The first-order valence-electron chi connectivity index (χ1n) is 8.81. The predicted molar refractivity (Wildman–Crippen MR) is 107 cm³/mol. The van der Waals surface area contributed by atoms with Crippen LogP contribution in [0.2, 0.25) is 0 Å². The summed E-state index contributed by atoms with van der Waals surface area (Å²) in [4.78, 5) is 23.9. The number of aromatic nitrogens is 1. The van der Waals surface area contributed by atoms with Crippen molar-refractivity contribution in [2.24, 2.45) is 0 Å². The first-order chi connectivity index (χ1) is 13.7. The van der Waals surface area contributed by atoms with Gasteiger partial charge in [-0.05, 0) is 30.2 Å². The van der Waals surface area contributed by atoms with Crippen LogP contribution in [0.1, 0.15) is 5.56 Å². The normalized spacial score (nSPS) is 10.1. The van der Waals surface area contributed by atoms with Crippen LogP contribution in [-0.2, 0) is 17.8 Å². The fraction of sp³-hybridized carbons (Fsp3) is 0.182. The van der Waals surface area contributed by atoms with E-state index in [9.17, 15) is 9.59 Å². The molecule has 142 valence electrons. The monoisotopic (exact) mass is 376 g/mol. The molecule has 1 aromatic heterocycles. The highest BCUT2D eigenvalue weighted by Crippen LogP contribution is 2.18. The van der Waals surface area contributed by atoms with Crippen molar-refractivity contribution in [2.75, 3.05) is 13.2 Å². The summed E-state index contributed by atoms with van der Waals surface area (Å²) in [5.74, 6) is 5.58. The number of fused-ring (bicyclic) bond motifs is 1. The second kappa shape index (κ2) is 9.28. The SMILES string of the molecule is C=CCc1ccccc1OCC#CCNC(=O)Cn1c(=O)oc2ccccc21. The van der Waals surface area contributed by atoms with E-state index in [0.29, 0.717) is 11.1 Å². The Morgan fingerprint density at radius 3 is 2.82 bits per heavy atom. The molecule has 3 rings (SSSR count). The predicted octanol–water partition coefficient (Wildman–Crippen LogP) is 2.52. The van der Waals surface area contributed by atoms with E-state index in [-0.39, 0.29) is 25.6 Å². The van der Waals surface area contributed by atoms with Crippen molar-refractivity contribution in [3.8, 4) is 17.6 Å². The molecule has 0 spiro atoms. The molecule has 0 aliphatic rings. The molecule has 0 saturated heterocycles. The maximum atomic E-state index is 12.1. The molecule has 0 aliphatic heterocycles. The standard InChI is InChI=1S/C22H20N2O4/c1-2-9-17-10-3-5-12-19(17)27-15-8-7-14-23-21(25)16-24-18-11-4-6-13-20(18)28-22(24)26/h2-6,10-13H,1,9,14-16H2,(H,23,25). The molecule has 6 heteroatoms. The number of oxazole rings is 1.